The molecule has 0 aromatic rings. The van der Waals surface area contributed by atoms with Gasteiger partial charge < -0.3 is 10.4 Å². The van der Waals surface area contributed by atoms with Crippen molar-refractivity contribution in [2.75, 3.05) is 6.54 Å². The van der Waals surface area contributed by atoms with E-state index in [0.29, 0.717) is 13.0 Å². The highest BCUT2D eigenvalue weighted by Crippen LogP contribution is 2.07. The van der Waals surface area contributed by atoms with E-state index in [1.54, 1.807) is 0 Å². The number of carboxylic acid groups (broad SMARTS) is 1. The lowest BCUT2D eigenvalue weighted by Gasteiger charge is -1.95. The minimum Gasteiger partial charge on any atom is -0.481 e. The molecule has 4 nitrogen and oxygen atoms in total. The van der Waals surface area contributed by atoms with Gasteiger partial charge in [0.1, 0.15) is 5.92 Å². The molecular weight excluding hydrogens is 122 g/mol. The first-order valence-electron chi connectivity index (χ1n) is 2.72. The number of rotatable bonds is 1. The molecule has 1 fully saturated rings. The van der Waals surface area contributed by atoms with Crippen LogP contribution in [0.1, 0.15) is 6.42 Å². The summed E-state index contributed by atoms with van der Waals surface area (Å²) in [5.41, 5.74) is 0. The minimum atomic E-state index is -1.02. The molecule has 0 aromatic carbocycles. The molecule has 1 amide bonds. The van der Waals surface area contributed by atoms with Crippen LogP contribution in [0.2, 0.25) is 0 Å². The van der Waals surface area contributed by atoms with Gasteiger partial charge in [0.15, 0.2) is 0 Å². The van der Waals surface area contributed by atoms with Crippen molar-refractivity contribution < 1.29 is 14.7 Å². The summed E-state index contributed by atoms with van der Waals surface area (Å²) in [6.07, 6.45) is 0.425. The molecule has 4 heteroatoms. The predicted molar refractivity (Wildman–Crippen MR) is 28.8 cm³/mol. The lowest BCUT2D eigenvalue weighted by atomic mass is 10.1. The largest absolute Gasteiger partial charge is 0.481 e. The Kier molecular flexibility index (Phi) is 1.38. The number of hydrogen-bond acceptors (Lipinski definition) is 2. The third-order valence-electron chi connectivity index (χ3n) is 1.35. The van der Waals surface area contributed by atoms with Crippen molar-refractivity contribution in [3.05, 3.63) is 0 Å². The Labute approximate surface area is 51.9 Å². The number of carboxylic acids is 1. The smallest absolute Gasteiger partial charge is 0.316 e. The van der Waals surface area contributed by atoms with Crippen molar-refractivity contribution in [3.8, 4) is 0 Å². The van der Waals surface area contributed by atoms with E-state index in [9.17, 15) is 9.59 Å². The second-order valence-corrected chi connectivity index (χ2v) is 1.97. The summed E-state index contributed by atoms with van der Waals surface area (Å²) in [5, 5.41) is 10.8. The van der Waals surface area contributed by atoms with Crippen LogP contribution in [0.3, 0.4) is 0 Å². The van der Waals surface area contributed by atoms with Crippen molar-refractivity contribution in [1.82, 2.24) is 5.32 Å². The quantitative estimate of drug-likeness (QED) is 0.456. The number of aliphatic carboxylic acids is 1. The third kappa shape index (κ3) is 1.01. The fourth-order valence-corrected chi connectivity index (χ4v) is 0.830. The second-order valence-electron chi connectivity index (χ2n) is 1.97. The van der Waals surface area contributed by atoms with Crippen molar-refractivity contribution >= 4 is 11.9 Å². The SMILES string of the molecule is O=C(O)C1CCNC1=O. The topological polar surface area (TPSA) is 66.4 Å². The standard InChI is InChI=1S/C5H7NO3/c7-4-3(5(8)9)1-2-6-4/h3H,1-2H2,(H,6,7)(H,8,9). The summed E-state index contributed by atoms with van der Waals surface area (Å²) in [6.45, 7) is 0.496. The van der Waals surface area contributed by atoms with Gasteiger partial charge in [-0.3, -0.25) is 9.59 Å². The summed E-state index contributed by atoms with van der Waals surface area (Å²) in [7, 11) is 0. The lowest BCUT2D eigenvalue weighted by Crippen LogP contribution is -2.24. The number of amides is 1. The van der Waals surface area contributed by atoms with Gasteiger partial charge in [-0.25, -0.2) is 0 Å². The molecule has 1 aliphatic heterocycles. The molecule has 0 aromatic heterocycles. The number of hydrogen-bond donors (Lipinski definition) is 2. The molecule has 2 N–H and O–H groups in total. The van der Waals surface area contributed by atoms with Crippen molar-refractivity contribution in [3.63, 3.8) is 0 Å². The maximum absolute atomic E-state index is 10.5. The van der Waals surface area contributed by atoms with Crippen LogP contribution in [0.5, 0.6) is 0 Å². The predicted octanol–water partition coefficient (Wildman–Crippen LogP) is -0.793. The average molecular weight is 129 g/mol. The van der Waals surface area contributed by atoms with Gasteiger partial charge in [-0.2, -0.15) is 0 Å². The van der Waals surface area contributed by atoms with Crippen LogP contribution in [0, 0.1) is 5.92 Å². The molecule has 0 spiro atoms. The van der Waals surface area contributed by atoms with Gasteiger partial charge in [-0.15, -0.1) is 0 Å². The van der Waals surface area contributed by atoms with Crippen LogP contribution in [0.15, 0.2) is 0 Å². The molecule has 50 valence electrons. The maximum Gasteiger partial charge on any atom is 0.316 e. The maximum atomic E-state index is 10.5. The first kappa shape index (κ1) is 6.07. The van der Waals surface area contributed by atoms with Gasteiger partial charge in [0.2, 0.25) is 5.91 Å². The van der Waals surface area contributed by atoms with Crippen LogP contribution < -0.4 is 5.32 Å². The van der Waals surface area contributed by atoms with Crippen molar-refractivity contribution in [2.24, 2.45) is 5.92 Å². The van der Waals surface area contributed by atoms with Gasteiger partial charge in [-0.05, 0) is 6.42 Å². The Balaban J connectivity index is 2.60. The van der Waals surface area contributed by atoms with E-state index in [1.807, 2.05) is 0 Å². The van der Waals surface area contributed by atoms with E-state index >= 15 is 0 Å². The van der Waals surface area contributed by atoms with E-state index < -0.39 is 11.9 Å². The van der Waals surface area contributed by atoms with E-state index in [2.05, 4.69) is 5.32 Å². The molecule has 0 radical (unpaired) electrons. The van der Waals surface area contributed by atoms with Gasteiger partial charge in [0, 0.05) is 6.54 Å². The molecule has 1 rings (SSSR count). The van der Waals surface area contributed by atoms with E-state index in [1.165, 1.54) is 0 Å². The molecule has 9 heavy (non-hydrogen) atoms. The zero-order chi connectivity index (χ0) is 6.85. The average Bonchev–Trinajstić information content (AvgIpc) is 2.13. The Morgan fingerprint density at radius 3 is 2.67 bits per heavy atom. The Bertz CT molecular complexity index is 154. The number of nitrogens with one attached hydrogen (secondary N) is 1. The molecule has 0 bridgehead atoms. The van der Waals surface area contributed by atoms with E-state index in [4.69, 9.17) is 5.11 Å². The van der Waals surface area contributed by atoms with Crippen molar-refractivity contribution in [1.29, 1.82) is 0 Å². The Morgan fingerprint density at radius 2 is 2.44 bits per heavy atom. The highest BCUT2D eigenvalue weighted by molar-refractivity contribution is 5.98. The summed E-state index contributed by atoms with van der Waals surface area (Å²) in [6, 6.07) is 0. The highest BCUT2D eigenvalue weighted by atomic mass is 16.4. The first-order valence-corrected chi connectivity index (χ1v) is 2.72. The summed E-state index contributed by atoms with van der Waals surface area (Å²) < 4.78 is 0. The minimum absolute atomic E-state index is 0.359. The Hall–Kier alpha value is -1.06. The lowest BCUT2D eigenvalue weighted by molar-refractivity contribution is -0.145. The van der Waals surface area contributed by atoms with Crippen LogP contribution >= 0.6 is 0 Å². The van der Waals surface area contributed by atoms with Crippen LogP contribution in [0.4, 0.5) is 0 Å². The van der Waals surface area contributed by atoms with Crippen LogP contribution in [-0.4, -0.2) is 23.5 Å². The molecule has 1 saturated heterocycles. The molecular formula is C5H7NO3. The zero-order valence-corrected chi connectivity index (χ0v) is 4.76. The van der Waals surface area contributed by atoms with Gasteiger partial charge in [-0.1, -0.05) is 0 Å². The normalized spacial score (nSPS) is 25.8. The Morgan fingerprint density at radius 1 is 1.78 bits per heavy atom. The molecule has 0 aliphatic carbocycles. The van der Waals surface area contributed by atoms with Gasteiger partial charge >= 0.3 is 5.97 Å². The molecule has 0 saturated carbocycles. The summed E-state index contributed by atoms with van der Waals surface area (Å²) >= 11 is 0. The summed E-state index contributed by atoms with van der Waals surface area (Å²) in [5.74, 6) is -2.18. The fraction of sp³-hybridized carbons (Fsp3) is 0.600. The zero-order valence-electron chi connectivity index (χ0n) is 4.76. The molecule has 1 heterocycles. The monoisotopic (exact) mass is 129 g/mol. The van der Waals surface area contributed by atoms with Crippen LogP contribution in [-0.2, 0) is 9.59 Å². The number of carbonyl (C=O) groups is 2. The van der Waals surface area contributed by atoms with Gasteiger partial charge in [0.05, 0.1) is 0 Å². The van der Waals surface area contributed by atoms with E-state index in [0.717, 1.165) is 0 Å². The highest BCUT2D eigenvalue weighted by Gasteiger charge is 2.30. The van der Waals surface area contributed by atoms with Gasteiger partial charge in [0.25, 0.3) is 0 Å². The third-order valence-corrected chi connectivity index (χ3v) is 1.35. The molecule has 1 unspecified atom stereocenters. The molecule has 1 aliphatic rings. The molecule has 1 atom stereocenters. The summed E-state index contributed by atoms with van der Waals surface area (Å²) in [4.78, 5) is 20.7. The van der Waals surface area contributed by atoms with Crippen LogP contribution in [0.25, 0.3) is 0 Å². The fourth-order valence-electron chi connectivity index (χ4n) is 0.830. The van der Waals surface area contributed by atoms with Crippen molar-refractivity contribution in [2.45, 2.75) is 6.42 Å². The van der Waals surface area contributed by atoms with E-state index in [-0.39, 0.29) is 5.91 Å². The number of carbonyl (C=O) groups excluding carboxylic acids is 1. The first-order chi connectivity index (χ1) is 4.22. The second kappa shape index (κ2) is 2.05.